The van der Waals surface area contributed by atoms with E-state index in [-0.39, 0.29) is 0 Å². The molecule has 27 heavy (non-hydrogen) atoms. The summed E-state index contributed by atoms with van der Waals surface area (Å²) in [7, 11) is 5.04. The number of nitrogens with zero attached hydrogens (tertiary/aromatic N) is 2. The summed E-state index contributed by atoms with van der Waals surface area (Å²) >= 11 is 0. The van der Waals surface area contributed by atoms with Gasteiger partial charge in [0.25, 0.3) is 0 Å². The van der Waals surface area contributed by atoms with E-state index in [1.807, 2.05) is 12.3 Å². The van der Waals surface area contributed by atoms with Crippen LogP contribution < -0.4 is 14.2 Å². The van der Waals surface area contributed by atoms with Crippen molar-refractivity contribution in [3.05, 3.63) is 53.4 Å². The van der Waals surface area contributed by atoms with Gasteiger partial charge in [-0.3, -0.25) is 4.98 Å². The minimum Gasteiger partial charge on any atom is -0.495 e. The van der Waals surface area contributed by atoms with Crippen LogP contribution in [0.4, 0.5) is 0 Å². The lowest BCUT2D eigenvalue weighted by Crippen LogP contribution is -2.27. The zero-order valence-corrected chi connectivity index (χ0v) is 16.4. The molecular weight excluding hydrogens is 340 g/mol. The number of ether oxygens (including phenoxy) is 3. The maximum Gasteiger partial charge on any atom is 0.161 e. The monoisotopic (exact) mass is 368 g/mol. The SMILES string of the molecule is COc1cncc(/C=C/CCN2CCc3cc(OC)c(OC)cc3CC2)c1. The molecule has 0 spiro atoms. The molecule has 0 fully saturated rings. The van der Waals surface area contributed by atoms with E-state index in [9.17, 15) is 0 Å². The number of aromatic nitrogens is 1. The van der Waals surface area contributed by atoms with Gasteiger partial charge in [-0.15, -0.1) is 0 Å². The van der Waals surface area contributed by atoms with E-state index in [1.54, 1.807) is 27.5 Å². The molecule has 5 nitrogen and oxygen atoms in total. The number of hydrogen-bond acceptors (Lipinski definition) is 5. The van der Waals surface area contributed by atoms with Gasteiger partial charge >= 0.3 is 0 Å². The van der Waals surface area contributed by atoms with Crippen molar-refractivity contribution in [2.45, 2.75) is 19.3 Å². The van der Waals surface area contributed by atoms with Crippen LogP contribution in [0, 0.1) is 0 Å². The Morgan fingerprint density at radius 1 is 0.926 bits per heavy atom. The van der Waals surface area contributed by atoms with Gasteiger partial charge in [0.15, 0.2) is 11.5 Å². The van der Waals surface area contributed by atoms with Crippen molar-refractivity contribution in [3.8, 4) is 17.2 Å². The number of methoxy groups -OCH3 is 3. The van der Waals surface area contributed by atoms with Gasteiger partial charge in [-0.25, -0.2) is 0 Å². The fourth-order valence-electron chi connectivity index (χ4n) is 3.44. The first-order valence-electron chi connectivity index (χ1n) is 9.35. The molecule has 0 unspecified atom stereocenters. The molecule has 2 aromatic rings. The fourth-order valence-corrected chi connectivity index (χ4v) is 3.44. The summed E-state index contributed by atoms with van der Waals surface area (Å²) in [6, 6.07) is 6.26. The highest BCUT2D eigenvalue weighted by atomic mass is 16.5. The molecule has 5 heteroatoms. The van der Waals surface area contributed by atoms with Crippen molar-refractivity contribution >= 4 is 6.08 Å². The minimum absolute atomic E-state index is 0.785. The quantitative estimate of drug-likeness (QED) is 0.747. The molecular formula is C22H28N2O3. The van der Waals surface area contributed by atoms with Gasteiger partial charge in [0, 0.05) is 25.8 Å². The van der Waals surface area contributed by atoms with Crippen molar-refractivity contribution in [1.29, 1.82) is 0 Å². The van der Waals surface area contributed by atoms with Crippen LogP contribution in [0.15, 0.2) is 36.7 Å². The van der Waals surface area contributed by atoms with Gasteiger partial charge in [0.05, 0.1) is 27.5 Å². The fraction of sp³-hybridized carbons (Fsp3) is 0.409. The molecule has 0 atom stereocenters. The average Bonchev–Trinajstić information content (AvgIpc) is 2.92. The molecule has 144 valence electrons. The highest BCUT2D eigenvalue weighted by Crippen LogP contribution is 2.32. The Bertz CT molecular complexity index is 754. The zero-order valence-electron chi connectivity index (χ0n) is 16.4. The molecule has 0 N–H and O–H groups in total. The molecule has 0 bridgehead atoms. The summed E-state index contributed by atoms with van der Waals surface area (Å²) in [4.78, 5) is 6.70. The maximum atomic E-state index is 5.45. The van der Waals surface area contributed by atoms with Crippen molar-refractivity contribution in [2.24, 2.45) is 0 Å². The second-order valence-corrected chi connectivity index (χ2v) is 6.67. The molecule has 0 radical (unpaired) electrons. The first-order valence-corrected chi connectivity index (χ1v) is 9.35. The van der Waals surface area contributed by atoms with E-state index < -0.39 is 0 Å². The van der Waals surface area contributed by atoms with Gasteiger partial charge in [-0.05, 0) is 54.2 Å². The number of hydrogen-bond donors (Lipinski definition) is 0. The second kappa shape index (κ2) is 9.42. The number of pyridine rings is 1. The van der Waals surface area contributed by atoms with Gasteiger partial charge in [-0.1, -0.05) is 12.2 Å². The van der Waals surface area contributed by atoms with Crippen molar-refractivity contribution in [2.75, 3.05) is 41.0 Å². The van der Waals surface area contributed by atoms with Crippen LogP contribution in [0.5, 0.6) is 17.2 Å². The Hall–Kier alpha value is -2.53. The Balaban J connectivity index is 1.55. The summed E-state index contributed by atoms with van der Waals surface area (Å²) in [5, 5.41) is 0. The van der Waals surface area contributed by atoms with Gasteiger partial charge < -0.3 is 19.1 Å². The molecule has 0 aliphatic carbocycles. The van der Waals surface area contributed by atoms with Crippen LogP contribution in [0.3, 0.4) is 0 Å². The zero-order chi connectivity index (χ0) is 19.1. The summed E-state index contributed by atoms with van der Waals surface area (Å²) < 4.78 is 16.1. The Morgan fingerprint density at radius 3 is 2.19 bits per heavy atom. The van der Waals surface area contributed by atoms with E-state index >= 15 is 0 Å². The molecule has 1 aliphatic heterocycles. The van der Waals surface area contributed by atoms with Crippen molar-refractivity contribution in [1.82, 2.24) is 9.88 Å². The van der Waals surface area contributed by atoms with E-state index in [0.717, 1.165) is 61.7 Å². The number of fused-ring (bicyclic) bond motifs is 1. The topological polar surface area (TPSA) is 43.8 Å². The average molecular weight is 368 g/mol. The number of benzene rings is 1. The summed E-state index contributed by atoms with van der Waals surface area (Å²) in [5.41, 5.74) is 3.80. The van der Waals surface area contributed by atoms with Crippen LogP contribution in [-0.4, -0.2) is 50.8 Å². The predicted octanol–water partition coefficient (Wildman–Crippen LogP) is 3.61. The Kier molecular flexibility index (Phi) is 6.71. The van der Waals surface area contributed by atoms with Crippen LogP contribution in [0.25, 0.3) is 6.08 Å². The molecule has 1 aromatic heterocycles. The highest BCUT2D eigenvalue weighted by Gasteiger charge is 2.16. The van der Waals surface area contributed by atoms with E-state index in [0.29, 0.717) is 0 Å². The maximum absolute atomic E-state index is 5.45. The lowest BCUT2D eigenvalue weighted by Gasteiger charge is -2.18. The van der Waals surface area contributed by atoms with E-state index in [2.05, 4.69) is 34.2 Å². The second-order valence-electron chi connectivity index (χ2n) is 6.67. The van der Waals surface area contributed by atoms with Crippen LogP contribution in [0.1, 0.15) is 23.1 Å². The molecule has 0 saturated carbocycles. The summed E-state index contributed by atoms with van der Waals surface area (Å²) in [6.45, 7) is 3.18. The first-order chi connectivity index (χ1) is 13.2. The normalized spacial score (nSPS) is 14.6. The molecule has 2 heterocycles. The molecule has 1 aliphatic rings. The number of rotatable bonds is 7. The third kappa shape index (κ3) is 5.01. The van der Waals surface area contributed by atoms with Gasteiger partial charge in [-0.2, -0.15) is 0 Å². The summed E-state index contributed by atoms with van der Waals surface area (Å²) in [5.74, 6) is 2.42. The first kappa shape index (κ1) is 19.2. The van der Waals surface area contributed by atoms with Crippen molar-refractivity contribution in [3.63, 3.8) is 0 Å². The van der Waals surface area contributed by atoms with E-state index in [1.165, 1.54) is 11.1 Å². The Morgan fingerprint density at radius 2 is 1.59 bits per heavy atom. The van der Waals surface area contributed by atoms with E-state index in [4.69, 9.17) is 14.2 Å². The highest BCUT2D eigenvalue weighted by molar-refractivity contribution is 5.50. The molecule has 0 amide bonds. The summed E-state index contributed by atoms with van der Waals surface area (Å²) in [6.07, 6.45) is 11.0. The van der Waals surface area contributed by atoms with Gasteiger partial charge in [0.2, 0.25) is 0 Å². The molecule has 1 aromatic carbocycles. The standard InChI is InChI=1S/C22H28N2O3/c1-25-20-12-17(15-23-16-20)6-4-5-9-24-10-7-18-13-21(26-2)22(27-3)14-19(18)8-11-24/h4,6,12-16H,5,7-11H2,1-3H3/b6-4+. The van der Waals surface area contributed by atoms with Crippen LogP contribution >= 0.6 is 0 Å². The molecule has 3 rings (SSSR count). The third-order valence-electron chi connectivity index (χ3n) is 4.99. The van der Waals surface area contributed by atoms with Gasteiger partial charge in [0.1, 0.15) is 5.75 Å². The van der Waals surface area contributed by atoms with Crippen molar-refractivity contribution < 1.29 is 14.2 Å². The minimum atomic E-state index is 0.785. The van der Waals surface area contributed by atoms with Crippen LogP contribution in [0.2, 0.25) is 0 Å². The smallest absolute Gasteiger partial charge is 0.161 e. The predicted molar refractivity (Wildman–Crippen MR) is 108 cm³/mol. The largest absolute Gasteiger partial charge is 0.495 e. The Labute approximate surface area is 161 Å². The third-order valence-corrected chi connectivity index (χ3v) is 4.99. The molecule has 0 saturated heterocycles. The van der Waals surface area contributed by atoms with Crippen LogP contribution in [-0.2, 0) is 12.8 Å². The lowest BCUT2D eigenvalue weighted by atomic mass is 10.0. The lowest BCUT2D eigenvalue weighted by molar-refractivity contribution is 0.293.